The lowest BCUT2D eigenvalue weighted by Crippen LogP contribution is -2.34. The Labute approximate surface area is 395 Å². The zero-order chi connectivity index (χ0) is 44.1. The SMILES string of the molecule is c1ccc(-c2ccc(-c3ccc(N(c4ccccc4-c4ccc5c(c4)C4(c6ccccc6-5)C5CC6CC5CC64)c4ccccc4-c4cccc5cccc(C6CCCCC6)c45)cc3)cc2)cc1. The van der Waals surface area contributed by atoms with Gasteiger partial charge < -0.3 is 4.90 Å². The fourth-order valence-corrected chi connectivity index (χ4v) is 14.8. The third kappa shape index (κ3) is 5.99. The van der Waals surface area contributed by atoms with E-state index in [4.69, 9.17) is 0 Å². The van der Waals surface area contributed by atoms with E-state index >= 15 is 0 Å². The topological polar surface area (TPSA) is 3.24 Å². The summed E-state index contributed by atoms with van der Waals surface area (Å²) < 4.78 is 0. The van der Waals surface area contributed by atoms with Gasteiger partial charge in [-0.2, -0.15) is 0 Å². The van der Waals surface area contributed by atoms with Gasteiger partial charge in [-0.3, -0.25) is 0 Å². The molecule has 0 N–H and O–H groups in total. The Balaban J connectivity index is 0.940. The number of hydrogen-bond acceptors (Lipinski definition) is 1. The van der Waals surface area contributed by atoms with Crippen molar-refractivity contribution >= 4 is 27.8 Å². The van der Waals surface area contributed by atoms with Crippen LogP contribution in [0.25, 0.3) is 66.4 Å². The highest BCUT2D eigenvalue weighted by atomic mass is 15.1. The summed E-state index contributed by atoms with van der Waals surface area (Å²) in [5.41, 5.74) is 21.4. The van der Waals surface area contributed by atoms with E-state index in [-0.39, 0.29) is 5.41 Å². The van der Waals surface area contributed by atoms with Crippen LogP contribution >= 0.6 is 0 Å². The molecule has 0 aromatic heterocycles. The van der Waals surface area contributed by atoms with E-state index in [0.29, 0.717) is 5.92 Å². The lowest BCUT2D eigenvalue weighted by molar-refractivity contribution is 0.307. The summed E-state index contributed by atoms with van der Waals surface area (Å²) in [5.74, 6) is 3.84. The van der Waals surface area contributed by atoms with E-state index in [1.54, 1.807) is 11.1 Å². The van der Waals surface area contributed by atoms with E-state index in [1.807, 2.05) is 0 Å². The molecule has 324 valence electrons. The molecule has 5 fully saturated rings. The van der Waals surface area contributed by atoms with Gasteiger partial charge in [0.05, 0.1) is 11.4 Å². The quantitative estimate of drug-likeness (QED) is 0.147. The molecule has 67 heavy (non-hydrogen) atoms. The van der Waals surface area contributed by atoms with Crippen molar-refractivity contribution in [2.24, 2.45) is 23.7 Å². The average molecular weight is 862 g/mol. The second-order valence-corrected chi connectivity index (χ2v) is 20.6. The van der Waals surface area contributed by atoms with Crippen LogP contribution in [0, 0.1) is 23.7 Å². The molecule has 1 spiro atoms. The largest absolute Gasteiger partial charge is 0.309 e. The first-order valence-electron chi connectivity index (χ1n) is 25.2. The van der Waals surface area contributed by atoms with Crippen molar-refractivity contribution in [2.75, 3.05) is 4.90 Å². The molecule has 0 heterocycles. The van der Waals surface area contributed by atoms with Gasteiger partial charge in [0.2, 0.25) is 0 Å². The van der Waals surface area contributed by atoms with Crippen molar-refractivity contribution in [3.05, 3.63) is 223 Å². The van der Waals surface area contributed by atoms with Crippen molar-refractivity contribution in [2.45, 2.75) is 62.7 Å². The fraction of sp³-hybridized carbons (Fsp3) is 0.212. The Bertz CT molecular complexity index is 3310. The fourth-order valence-electron chi connectivity index (χ4n) is 14.8. The van der Waals surface area contributed by atoms with Gasteiger partial charge in [0.25, 0.3) is 0 Å². The van der Waals surface area contributed by atoms with E-state index in [1.165, 1.54) is 135 Å². The first kappa shape index (κ1) is 39.2. The van der Waals surface area contributed by atoms with Gasteiger partial charge in [0.15, 0.2) is 0 Å². The lowest BCUT2D eigenvalue weighted by Gasteiger charge is -2.37. The second kappa shape index (κ2) is 15.6. The van der Waals surface area contributed by atoms with Gasteiger partial charge in [-0.05, 0) is 164 Å². The summed E-state index contributed by atoms with van der Waals surface area (Å²) in [6.07, 6.45) is 10.8. The molecule has 1 nitrogen and oxygen atoms in total. The zero-order valence-corrected chi connectivity index (χ0v) is 38.1. The van der Waals surface area contributed by atoms with Crippen LogP contribution in [0.5, 0.6) is 0 Å². The third-order valence-corrected chi connectivity index (χ3v) is 17.5. The van der Waals surface area contributed by atoms with Gasteiger partial charge in [-0.15, -0.1) is 0 Å². The van der Waals surface area contributed by atoms with Crippen LogP contribution in [-0.4, -0.2) is 0 Å². The Kier molecular flexibility index (Phi) is 9.11. The first-order chi connectivity index (χ1) is 33.2. The molecule has 4 unspecified atom stereocenters. The summed E-state index contributed by atoms with van der Waals surface area (Å²) in [5, 5.41) is 2.75. The molecule has 4 bridgehead atoms. The molecule has 6 aliphatic carbocycles. The molecule has 9 aromatic rings. The second-order valence-electron chi connectivity index (χ2n) is 20.6. The van der Waals surface area contributed by atoms with E-state index in [0.717, 1.165) is 29.4 Å². The predicted molar refractivity (Wildman–Crippen MR) is 280 cm³/mol. The summed E-state index contributed by atoms with van der Waals surface area (Å²) in [7, 11) is 0. The Hall–Kier alpha value is -6.96. The van der Waals surface area contributed by atoms with Crippen molar-refractivity contribution in [1.29, 1.82) is 0 Å². The highest BCUT2D eigenvalue weighted by Gasteiger charge is 2.70. The Morgan fingerprint density at radius 3 is 1.61 bits per heavy atom. The van der Waals surface area contributed by atoms with Crippen LogP contribution in [0.4, 0.5) is 17.1 Å². The predicted octanol–water partition coefficient (Wildman–Crippen LogP) is 18.0. The lowest BCUT2D eigenvalue weighted by atomic mass is 9.66. The Morgan fingerprint density at radius 1 is 0.373 bits per heavy atom. The molecule has 5 saturated carbocycles. The van der Waals surface area contributed by atoms with Crippen LogP contribution in [0.15, 0.2) is 206 Å². The van der Waals surface area contributed by atoms with Crippen molar-refractivity contribution in [1.82, 2.24) is 0 Å². The normalized spacial score (nSPS) is 22.1. The summed E-state index contributed by atoms with van der Waals surface area (Å²) in [6, 6.07) is 78.6. The van der Waals surface area contributed by atoms with Crippen molar-refractivity contribution in [3.8, 4) is 55.6 Å². The van der Waals surface area contributed by atoms with Crippen molar-refractivity contribution < 1.29 is 0 Å². The van der Waals surface area contributed by atoms with Crippen LogP contribution in [0.1, 0.15) is 74.0 Å². The molecule has 6 aliphatic rings. The molecule has 0 aliphatic heterocycles. The minimum atomic E-state index is 0.149. The molecule has 9 aromatic carbocycles. The van der Waals surface area contributed by atoms with Gasteiger partial charge in [-0.1, -0.05) is 195 Å². The third-order valence-electron chi connectivity index (χ3n) is 17.5. The summed E-state index contributed by atoms with van der Waals surface area (Å²) in [6.45, 7) is 0. The highest BCUT2D eigenvalue weighted by molar-refractivity contribution is 6.04. The maximum atomic E-state index is 2.65. The maximum absolute atomic E-state index is 2.65. The molecule has 0 radical (unpaired) electrons. The molecule has 0 amide bonds. The number of benzene rings is 9. The molecular weight excluding hydrogens is 807 g/mol. The van der Waals surface area contributed by atoms with Crippen molar-refractivity contribution in [3.63, 3.8) is 0 Å². The number of rotatable bonds is 8. The van der Waals surface area contributed by atoms with Crippen LogP contribution in [0.3, 0.4) is 0 Å². The van der Waals surface area contributed by atoms with Crippen LogP contribution < -0.4 is 4.90 Å². The summed E-state index contributed by atoms with van der Waals surface area (Å²) >= 11 is 0. The standard InChI is InChI=1S/C66H55N/c1-3-15-43(16-4-1)44-29-31-45(32-30-44)46-33-36-52(37-34-46)67(64-28-12-9-23-57(64)58-25-14-20-48-19-13-24-54(65(48)58)47-17-5-2-6-18-47)63-27-11-8-21-53(63)49-35-38-56-55-22-7-10-26-59(55)66(62(56)40-49)60-41-50-39-51(60)42-61(50)66/h1,3-4,7-16,19-38,40,47,50-51,60-61H,2,5-6,17-18,39,41-42H2. The van der Waals surface area contributed by atoms with Gasteiger partial charge in [0, 0.05) is 22.2 Å². The van der Waals surface area contributed by atoms with E-state index < -0.39 is 0 Å². The Morgan fingerprint density at radius 2 is 0.910 bits per heavy atom. The van der Waals surface area contributed by atoms with Gasteiger partial charge >= 0.3 is 0 Å². The van der Waals surface area contributed by atoms with Crippen LogP contribution in [-0.2, 0) is 5.41 Å². The highest BCUT2D eigenvalue weighted by Crippen LogP contribution is 2.77. The minimum Gasteiger partial charge on any atom is -0.309 e. The molecular formula is C66H55N. The minimum absolute atomic E-state index is 0.149. The average Bonchev–Trinajstić information content (AvgIpc) is 4.22. The van der Waals surface area contributed by atoms with E-state index in [9.17, 15) is 0 Å². The number of fused-ring (bicyclic) bond motifs is 4. The number of hydrogen-bond donors (Lipinski definition) is 0. The monoisotopic (exact) mass is 861 g/mol. The number of para-hydroxylation sites is 2. The maximum Gasteiger partial charge on any atom is 0.0540 e. The van der Waals surface area contributed by atoms with Gasteiger partial charge in [-0.25, -0.2) is 0 Å². The van der Waals surface area contributed by atoms with Gasteiger partial charge in [0.1, 0.15) is 0 Å². The molecule has 0 saturated heterocycles. The van der Waals surface area contributed by atoms with E-state index in [2.05, 4.69) is 211 Å². The molecule has 4 atom stereocenters. The molecule has 15 rings (SSSR count). The first-order valence-corrected chi connectivity index (χ1v) is 25.2. The van der Waals surface area contributed by atoms with Crippen LogP contribution in [0.2, 0.25) is 0 Å². The zero-order valence-electron chi connectivity index (χ0n) is 38.1. The smallest absolute Gasteiger partial charge is 0.0540 e. The summed E-state index contributed by atoms with van der Waals surface area (Å²) in [4.78, 5) is 2.57. The number of nitrogens with zero attached hydrogens (tertiary/aromatic N) is 1. The number of anilines is 3. The molecule has 1 heteroatoms.